The zero-order valence-electron chi connectivity index (χ0n) is 29.3. The van der Waals surface area contributed by atoms with Crippen molar-refractivity contribution in [3.05, 3.63) is 59.7 Å². The Balaban J connectivity index is 1.46. The van der Waals surface area contributed by atoms with Gasteiger partial charge in [-0.05, 0) is 112 Å². The second-order valence-corrected chi connectivity index (χ2v) is 14.0. The van der Waals surface area contributed by atoms with Gasteiger partial charge in [0.15, 0.2) is 0 Å². The van der Waals surface area contributed by atoms with Gasteiger partial charge in [-0.2, -0.15) is 9.78 Å². The minimum Gasteiger partial charge on any atom is -0.497 e. The van der Waals surface area contributed by atoms with Crippen LogP contribution in [0.3, 0.4) is 0 Å². The summed E-state index contributed by atoms with van der Waals surface area (Å²) in [5.41, 5.74) is -1.79. The van der Waals surface area contributed by atoms with Gasteiger partial charge >= 0.3 is 18.1 Å². The van der Waals surface area contributed by atoms with Gasteiger partial charge in [0.05, 0.1) is 25.3 Å². The smallest absolute Gasteiger partial charge is 0.497 e. The highest BCUT2D eigenvalue weighted by Gasteiger charge is 2.50. The summed E-state index contributed by atoms with van der Waals surface area (Å²) in [6.45, 7) is 12.0. The molecule has 2 saturated carbocycles. The lowest BCUT2D eigenvalue weighted by Crippen LogP contribution is -2.53. The molecule has 264 valence electrons. The SMILES string of the molecule is COc1cccc(C(=O)OOC2CC(C(C)C)CCC2(C)OC(=O)OC2(C)CCC(C(C)C)CC2OOC(=O)c2cccc(OC)c2)c1. The quantitative estimate of drug-likeness (QED) is 0.124. The third-order valence-corrected chi connectivity index (χ3v) is 10.0. The van der Waals surface area contributed by atoms with E-state index in [1.54, 1.807) is 62.4 Å². The minimum atomic E-state index is -1.15. The normalized spacial score (nSPS) is 27.2. The second kappa shape index (κ2) is 16.0. The highest BCUT2D eigenvalue weighted by atomic mass is 17.2. The molecule has 0 saturated heterocycles. The molecule has 11 nitrogen and oxygen atoms in total. The Morgan fingerprint density at radius 1 is 0.667 bits per heavy atom. The molecule has 2 aliphatic rings. The van der Waals surface area contributed by atoms with Crippen LogP contribution in [0.1, 0.15) is 101 Å². The molecule has 0 heterocycles. The third-order valence-electron chi connectivity index (χ3n) is 10.0. The lowest BCUT2D eigenvalue weighted by atomic mass is 9.73. The van der Waals surface area contributed by atoms with E-state index in [2.05, 4.69) is 27.7 Å². The first-order chi connectivity index (χ1) is 22.8. The first-order valence-corrected chi connectivity index (χ1v) is 16.7. The summed E-state index contributed by atoms with van der Waals surface area (Å²) in [6, 6.07) is 13.1. The zero-order valence-corrected chi connectivity index (χ0v) is 29.3. The highest BCUT2D eigenvalue weighted by Crippen LogP contribution is 2.43. The second-order valence-electron chi connectivity index (χ2n) is 14.0. The molecule has 6 unspecified atom stereocenters. The maximum atomic E-state index is 13.6. The average molecular weight is 671 g/mol. The molecule has 2 fully saturated rings. The Morgan fingerprint density at radius 2 is 1.06 bits per heavy atom. The van der Waals surface area contributed by atoms with E-state index in [0.29, 0.717) is 49.0 Å². The number of methoxy groups -OCH3 is 2. The van der Waals surface area contributed by atoms with Crippen molar-refractivity contribution in [2.45, 2.75) is 103 Å². The standard InChI is InChI=1S/C37H50O11/c1-23(2)25-15-17-36(5,31(21-25)45-47-33(38)27-11-9-13-29(19-27)41-7)43-35(40)44-37(6)18-16-26(24(3)4)22-32(37)46-48-34(39)28-12-10-14-30(20-28)42-8/h9-14,19-20,23-26,31-32H,15-18,21-22H2,1-8H3. The van der Waals surface area contributed by atoms with Crippen molar-refractivity contribution in [2.75, 3.05) is 14.2 Å². The van der Waals surface area contributed by atoms with Crippen molar-refractivity contribution in [1.29, 1.82) is 0 Å². The van der Waals surface area contributed by atoms with E-state index in [1.165, 1.54) is 14.2 Å². The predicted octanol–water partition coefficient (Wildman–Crippen LogP) is 7.90. The fourth-order valence-electron chi connectivity index (χ4n) is 6.48. The van der Waals surface area contributed by atoms with Crippen molar-refractivity contribution >= 4 is 18.1 Å². The number of rotatable bonds is 12. The summed E-state index contributed by atoms with van der Waals surface area (Å²) in [6.07, 6.45) is 1.11. The highest BCUT2D eigenvalue weighted by molar-refractivity contribution is 5.89. The van der Waals surface area contributed by atoms with Crippen molar-refractivity contribution in [1.82, 2.24) is 0 Å². The number of carbonyl (C=O) groups excluding carboxylic acids is 3. The number of ether oxygens (including phenoxy) is 4. The molecule has 48 heavy (non-hydrogen) atoms. The molecular weight excluding hydrogens is 620 g/mol. The maximum absolute atomic E-state index is 13.6. The largest absolute Gasteiger partial charge is 0.509 e. The molecule has 0 amide bonds. The molecule has 4 rings (SSSR count). The van der Waals surface area contributed by atoms with Crippen molar-refractivity contribution < 1.29 is 52.9 Å². The van der Waals surface area contributed by atoms with Gasteiger partial charge in [-0.1, -0.05) is 39.8 Å². The molecule has 6 atom stereocenters. The topological polar surface area (TPSA) is 125 Å². The first kappa shape index (κ1) is 37.0. The van der Waals surface area contributed by atoms with E-state index in [4.69, 9.17) is 38.5 Å². The van der Waals surface area contributed by atoms with Crippen LogP contribution in [0.15, 0.2) is 48.5 Å². The Labute approximate surface area is 283 Å². The van der Waals surface area contributed by atoms with Crippen LogP contribution >= 0.6 is 0 Å². The van der Waals surface area contributed by atoms with E-state index in [0.717, 1.165) is 12.8 Å². The van der Waals surface area contributed by atoms with Gasteiger partial charge < -0.3 is 18.9 Å². The number of hydrogen-bond acceptors (Lipinski definition) is 11. The van der Waals surface area contributed by atoms with Gasteiger partial charge in [0.25, 0.3) is 0 Å². The van der Waals surface area contributed by atoms with Crippen LogP contribution in [0.2, 0.25) is 0 Å². The summed E-state index contributed by atoms with van der Waals surface area (Å²) in [5.74, 6) is 0.839. The molecule has 2 aromatic carbocycles. The van der Waals surface area contributed by atoms with Crippen LogP contribution in [-0.2, 0) is 29.0 Å². The monoisotopic (exact) mass is 670 g/mol. The first-order valence-electron chi connectivity index (χ1n) is 16.7. The molecule has 2 aromatic rings. The zero-order chi connectivity index (χ0) is 35.1. The lowest BCUT2D eigenvalue weighted by molar-refractivity contribution is -0.327. The Kier molecular flexibility index (Phi) is 12.4. The molecular formula is C37H50O11. The molecule has 2 aliphatic carbocycles. The molecule has 0 radical (unpaired) electrons. The maximum Gasteiger partial charge on any atom is 0.509 e. The van der Waals surface area contributed by atoms with E-state index in [1.807, 2.05) is 0 Å². The van der Waals surface area contributed by atoms with Gasteiger partial charge in [0.2, 0.25) is 0 Å². The summed E-state index contributed by atoms with van der Waals surface area (Å²) in [5, 5.41) is 0. The predicted molar refractivity (Wildman–Crippen MR) is 175 cm³/mol. The van der Waals surface area contributed by atoms with Crippen LogP contribution in [-0.4, -0.2) is 55.7 Å². The summed E-state index contributed by atoms with van der Waals surface area (Å²) in [7, 11) is 3.02. The van der Waals surface area contributed by atoms with E-state index in [-0.39, 0.29) is 23.0 Å². The van der Waals surface area contributed by atoms with Crippen LogP contribution < -0.4 is 9.47 Å². The van der Waals surface area contributed by atoms with Gasteiger partial charge in [0, 0.05) is 0 Å². The summed E-state index contributed by atoms with van der Waals surface area (Å²) in [4.78, 5) is 61.4. The fourth-order valence-corrected chi connectivity index (χ4v) is 6.48. The molecule has 11 heteroatoms. The minimum absolute atomic E-state index is 0.260. The van der Waals surface area contributed by atoms with Crippen LogP contribution in [0.5, 0.6) is 11.5 Å². The Hall–Kier alpha value is -3.83. The van der Waals surface area contributed by atoms with Crippen LogP contribution in [0, 0.1) is 23.7 Å². The lowest BCUT2D eigenvalue weighted by Gasteiger charge is -2.45. The summed E-state index contributed by atoms with van der Waals surface area (Å²) >= 11 is 0. The summed E-state index contributed by atoms with van der Waals surface area (Å²) < 4.78 is 22.5. The number of hydrogen-bond donors (Lipinski definition) is 0. The Morgan fingerprint density at radius 3 is 1.42 bits per heavy atom. The van der Waals surface area contributed by atoms with E-state index < -0.39 is 41.5 Å². The number of carbonyl (C=O) groups is 3. The van der Waals surface area contributed by atoms with Gasteiger partial charge in [-0.15, -0.1) is 0 Å². The van der Waals surface area contributed by atoms with E-state index in [9.17, 15) is 14.4 Å². The van der Waals surface area contributed by atoms with Gasteiger partial charge in [-0.3, -0.25) is 9.78 Å². The molecule has 0 aromatic heterocycles. The van der Waals surface area contributed by atoms with Crippen molar-refractivity contribution in [3.8, 4) is 11.5 Å². The van der Waals surface area contributed by atoms with Gasteiger partial charge in [0.1, 0.15) is 34.9 Å². The van der Waals surface area contributed by atoms with Crippen molar-refractivity contribution in [3.63, 3.8) is 0 Å². The molecule has 0 N–H and O–H groups in total. The van der Waals surface area contributed by atoms with E-state index >= 15 is 0 Å². The van der Waals surface area contributed by atoms with Crippen LogP contribution in [0.4, 0.5) is 4.79 Å². The third kappa shape index (κ3) is 9.19. The number of benzene rings is 2. The molecule has 0 aliphatic heterocycles. The Bertz CT molecular complexity index is 1300. The fraction of sp³-hybridized carbons (Fsp3) is 0.595. The molecule has 0 bridgehead atoms. The van der Waals surface area contributed by atoms with Gasteiger partial charge in [-0.25, -0.2) is 14.4 Å². The van der Waals surface area contributed by atoms with Crippen LogP contribution in [0.25, 0.3) is 0 Å². The average Bonchev–Trinajstić information content (AvgIpc) is 3.06. The molecule has 0 spiro atoms. The van der Waals surface area contributed by atoms with Crippen molar-refractivity contribution in [2.24, 2.45) is 23.7 Å².